The van der Waals surface area contributed by atoms with Gasteiger partial charge in [0.1, 0.15) is 0 Å². The molecule has 4 heteroatoms. The average molecular weight is 322 g/mol. The Morgan fingerprint density at radius 2 is 1.57 bits per heavy atom. The second-order valence-corrected chi connectivity index (χ2v) is 6.19. The lowest BCUT2D eigenvalue weighted by Gasteiger charge is -2.30. The lowest BCUT2D eigenvalue weighted by Crippen LogP contribution is -2.39. The summed E-state index contributed by atoms with van der Waals surface area (Å²) < 4.78 is 17.4. The maximum absolute atomic E-state index is 12.4. The third-order valence-corrected chi connectivity index (χ3v) is 3.23. The van der Waals surface area contributed by atoms with E-state index in [1.807, 2.05) is 45.9 Å². The molecule has 0 aliphatic rings. The molecule has 0 fully saturated rings. The van der Waals surface area contributed by atoms with E-state index in [1.54, 1.807) is 12.1 Å². The van der Waals surface area contributed by atoms with Gasteiger partial charge in [-0.25, -0.2) is 4.79 Å². The van der Waals surface area contributed by atoms with E-state index in [0.717, 1.165) is 19.3 Å². The van der Waals surface area contributed by atoms with Gasteiger partial charge in [0.05, 0.1) is 17.8 Å². The second-order valence-electron chi connectivity index (χ2n) is 6.19. The minimum absolute atomic E-state index is 0.00157. The Bertz CT molecular complexity index is 432. The molecule has 23 heavy (non-hydrogen) atoms. The van der Waals surface area contributed by atoms with Crippen molar-refractivity contribution in [3.8, 4) is 0 Å². The smallest absolute Gasteiger partial charge is 0.338 e. The number of hydrogen-bond acceptors (Lipinski definition) is 4. The first kappa shape index (κ1) is 19.7. The first-order valence-corrected chi connectivity index (χ1v) is 8.51. The quantitative estimate of drug-likeness (QED) is 0.467. The van der Waals surface area contributed by atoms with Crippen molar-refractivity contribution >= 4 is 5.97 Å². The Morgan fingerprint density at radius 1 is 1.00 bits per heavy atom. The van der Waals surface area contributed by atoms with Crippen LogP contribution in [0.15, 0.2) is 30.3 Å². The zero-order chi connectivity index (χ0) is 17.2. The molecule has 0 saturated carbocycles. The third-order valence-electron chi connectivity index (χ3n) is 3.23. The summed E-state index contributed by atoms with van der Waals surface area (Å²) in [5.74, 6) is -0.337. The van der Waals surface area contributed by atoms with E-state index in [4.69, 9.17) is 14.2 Å². The molecule has 0 N–H and O–H groups in total. The van der Waals surface area contributed by atoms with Gasteiger partial charge in [0.15, 0.2) is 12.4 Å². The summed E-state index contributed by atoms with van der Waals surface area (Å²) in [5, 5.41) is 0. The third kappa shape index (κ3) is 7.62. The van der Waals surface area contributed by atoms with E-state index in [2.05, 4.69) is 6.92 Å². The minimum Gasteiger partial charge on any atom is -0.453 e. The van der Waals surface area contributed by atoms with Gasteiger partial charge < -0.3 is 14.2 Å². The molecular formula is C19H30O4. The van der Waals surface area contributed by atoms with Crippen LogP contribution in [-0.4, -0.2) is 30.6 Å². The van der Waals surface area contributed by atoms with Crippen molar-refractivity contribution < 1.29 is 19.0 Å². The van der Waals surface area contributed by atoms with Gasteiger partial charge in [-0.05, 0) is 52.7 Å². The Labute approximate surface area is 140 Å². The highest BCUT2D eigenvalue weighted by Gasteiger charge is 2.28. The molecule has 0 radical (unpaired) electrons. The zero-order valence-electron chi connectivity index (χ0n) is 15.0. The van der Waals surface area contributed by atoms with E-state index in [-0.39, 0.29) is 18.2 Å². The Morgan fingerprint density at radius 3 is 2.04 bits per heavy atom. The molecule has 0 bridgehead atoms. The van der Waals surface area contributed by atoms with Gasteiger partial charge in [-0.1, -0.05) is 31.5 Å². The monoisotopic (exact) mass is 322 g/mol. The number of ether oxygens (including phenoxy) is 3. The fourth-order valence-electron chi connectivity index (χ4n) is 2.18. The van der Waals surface area contributed by atoms with Crippen LogP contribution in [0.2, 0.25) is 0 Å². The van der Waals surface area contributed by atoms with Crippen LogP contribution in [0.5, 0.6) is 0 Å². The number of benzene rings is 1. The van der Waals surface area contributed by atoms with Crippen molar-refractivity contribution in [2.45, 2.75) is 78.5 Å². The Hall–Kier alpha value is -1.39. The summed E-state index contributed by atoms with van der Waals surface area (Å²) >= 11 is 0. The zero-order valence-corrected chi connectivity index (χ0v) is 15.0. The van der Waals surface area contributed by atoms with Crippen molar-refractivity contribution in [1.29, 1.82) is 0 Å². The summed E-state index contributed by atoms with van der Waals surface area (Å²) in [7, 11) is 0. The van der Waals surface area contributed by atoms with Gasteiger partial charge in [0.2, 0.25) is 0 Å². The van der Waals surface area contributed by atoms with Crippen LogP contribution in [0.3, 0.4) is 0 Å². The first-order valence-electron chi connectivity index (χ1n) is 8.51. The molecule has 1 atom stereocenters. The number of unbranched alkanes of at least 4 members (excludes halogenated alkanes) is 1. The molecule has 4 nitrogen and oxygen atoms in total. The number of hydrogen-bond donors (Lipinski definition) is 0. The molecule has 0 heterocycles. The molecule has 0 spiro atoms. The van der Waals surface area contributed by atoms with E-state index in [0.29, 0.717) is 5.56 Å². The molecule has 0 aromatic heterocycles. The van der Waals surface area contributed by atoms with Crippen LogP contribution >= 0.6 is 0 Å². The number of carbonyl (C=O) groups is 1. The summed E-state index contributed by atoms with van der Waals surface area (Å²) in [5.41, 5.74) is 0.543. The van der Waals surface area contributed by atoms with Crippen LogP contribution in [0.4, 0.5) is 0 Å². The molecule has 130 valence electrons. The predicted octanol–water partition coefficient (Wildman–Crippen LogP) is 4.58. The highest BCUT2D eigenvalue weighted by atomic mass is 16.7. The minimum atomic E-state index is -0.547. The van der Waals surface area contributed by atoms with Gasteiger partial charge in [0.25, 0.3) is 0 Å². The van der Waals surface area contributed by atoms with Crippen molar-refractivity contribution in [3.05, 3.63) is 35.9 Å². The van der Waals surface area contributed by atoms with Crippen molar-refractivity contribution in [2.24, 2.45) is 0 Å². The molecule has 1 aromatic rings. The van der Waals surface area contributed by atoms with Gasteiger partial charge in [-0.3, -0.25) is 0 Å². The van der Waals surface area contributed by atoms with Crippen LogP contribution in [0.25, 0.3) is 0 Å². The summed E-state index contributed by atoms with van der Waals surface area (Å²) in [6.45, 7) is 9.91. The number of esters is 1. The average Bonchev–Trinajstić information content (AvgIpc) is 2.50. The Kier molecular flexibility index (Phi) is 8.89. The standard InChI is InChI=1S/C19H30O4/c1-6-7-13-17(19(21-14(2)3)22-15(4)5)23-18(20)16-11-9-8-10-12-16/h8-12,14-15,17,19H,6-7,13H2,1-5H3/t17-/m0/s1. The lowest BCUT2D eigenvalue weighted by atomic mass is 10.1. The predicted molar refractivity (Wildman–Crippen MR) is 91.4 cm³/mol. The summed E-state index contributed by atoms with van der Waals surface area (Å²) in [4.78, 5) is 12.4. The number of carbonyl (C=O) groups excluding carboxylic acids is 1. The molecule has 1 aromatic carbocycles. The van der Waals surface area contributed by atoms with E-state index < -0.39 is 12.4 Å². The van der Waals surface area contributed by atoms with E-state index in [1.165, 1.54) is 0 Å². The van der Waals surface area contributed by atoms with E-state index in [9.17, 15) is 4.79 Å². The van der Waals surface area contributed by atoms with Crippen molar-refractivity contribution in [1.82, 2.24) is 0 Å². The number of rotatable bonds is 10. The lowest BCUT2D eigenvalue weighted by molar-refractivity contribution is -0.225. The van der Waals surface area contributed by atoms with E-state index >= 15 is 0 Å². The van der Waals surface area contributed by atoms with Crippen molar-refractivity contribution in [2.75, 3.05) is 0 Å². The van der Waals surface area contributed by atoms with Crippen LogP contribution in [0.1, 0.15) is 64.2 Å². The van der Waals surface area contributed by atoms with Crippen molar-refractivity contribution in [3.63, 3.8) is 0 Å². The summed E-state index contributed by atoms with van der Waals surface area (Å²) in [6, 6.07) is 9.02. The van der Waals surface area contributed by atoms with Crippen LogP contribution in [-0.2, 0) is 14.2 Å². The second kappa shape index (κ2) is 10.4. The maximum atomic E-state index is 12.4. The SMILES string of the molecule is CCCC[C@H](OC(=O)c1ccccc1)C(OC(C)C)OC(C)C. The van der Waals surface area contributed by atoms with Gasteiger partial charge in [-0.15, -0.1) is 0 Å². The fourth-order valence-corrected chi connectivity index (χ4v) is 2.18. The molecule has 0 amide bonds. The normalized spacial score (nSPS) is 12.9. The van der Waals surface area contributed by atoms with Crippen LogP contribution < -0.4 is 0 Å². The Balaban J connectivity index is 2.84. The molecular weight excluding hydrogens is 292 g/mol. The highest BCUT2D eigenvalue weighted by molar-refractivity contribution is 5.89. The fraction of sp³-hybridized carbons (Fsp3) is 0.632. The molecule has 1 rings (SSSR count). The van der Waals surface area contributed by atoms with Crippen LogP contribution in [0, 0.1) is 0 Å². The summed E-state index contributed by atoms with van der Waals surface area (Å²) in [6.07, 6.45) is 1.74. The first-order chi connectivity index (χ1) is 10.9. The molecule has 0 aliphatic carbocycles. The molecule has 0 saturated heterocycles. The molecule has 0 unspecified atom stereocenters. The highest BCUT2D eigenvalue weighted by Crippen LogP contribution is 2.19. The molecule has 0 aliphatic heterocycles. The van der Waals surface area contributed by atoms with Gasteiger partial charge in [0, 0.05) is 0 Å². The largest absolute Gasteiger partial charge is 0.453 e. The van der Waals surface area contributed by atoms with Gasteiger partial charge >= 0.3 is 5.97 Å². The maximum Gasteiger partial charge on any atom is 0.338 e. The topological polar surface area (TPSA) is 44.8 Å². The van der Waals surface area contributed by atoms with Gasteiger partial charge in [-0.2, -0.15) is 0 Å².